The summed E-state index contributed by atoms with van der Waals surface area (Å²) in [7, 11) is 0. The third-order valence-electron chi connectivity index (χ3n) is 4.11. The van der Waals surface area contributed by atoms with Crippen LogP contribution in [0.2, 0.25) is 5.02 Å². The van der Waals surface area contributed by atoms with Crippen LogP contribution >= 0.6 is 43.5 Å². The van der Waals surface area contributed by atoms with Gasteiger partial charge in [0.25, 0.3) is 0 Å². The number of aryl methyl sites for hydroxylation is 1. The van der Waals surface area contributed by atoms with E-state index in [0.29, 0.717) is 0 Å². The van der Waals surface area contributed by atoms with Gasteiger partial charge in [0.1, 0.15) is 0 Å². The van der Waals surface area contributed by atoms with Crippen molar-refractivity contribution in [1.82, 2.24) is 0 Å². The smallest absolute Gasteiger partial charge is 0.0690 e. The second kappa shape index (κ2) is 12.8. The maximum atomic E-state index is 6.13. The van der Waals surface area contributed by atoms with E-state index >= 15 is 0 Å². The van der Waals surface area contributed by atoms with Crippen molar-refractivity contribution in [1.29, 1.82) is 0 Å². The summed E-state index contributed by atoms with van der Waals surface area (Å²) in [6.45, 7) is 2.28. The van der Waals surface area contributed by atoms with Crippen LogP contribution in [0.25, 0.3) is 0 Å². The predicted octanol–water partition coefficient (Wildman–Crippen LogP) is 8.72. The van der Waals surface area contributed by atoms with E-state index in [1.807, 2.05) is 0 Å². The van der Waals surface area contributed by atoms with E-state index in [2.05, 4.69) is 50.9 Å². The summed E-state index contributed by atoms with van der Waals surface area (Å²) in [5, 5.41) is 0.766. The minimum atomic E-state index is 0.766. The van der Waals surface area contributed by atoms with Gasteiger partial charge in [0.2, 0.25) is 0 Å². The molecule has 0 N–H and O–H groups in total. The van der Waals surface area contributed by atoms with Crippen molar-refractivity contribution >= 4 is 43.5 Å². The van der Waals surface area contributed by atoms with Gasteiger partial charge in [-0.1, -0.05) is 82.7 Å². The highest BCUT2D eigenvalue weighted by Crippen LogP contribution is 2.32. The van der Waals surface area contributed by atoms with E-state index in [4.69, 9.17) is 11.6 Å². The molecule has 22 heavy (non-hydrogen) atoms. The van der Waals surface area contributed by atoms with Crippen molar-refractivity contribution < 1.29 is 0 Å². The van der Waals surface area contributed by atoms with Gasteiger partial charge < -0.3 is 0 Å². The largest absolute Gasteiger partial charge is 0.0819 e. The van der Waals surface area contributed by atoms with Crippen molar-refractivity contribution in [2.75, 3.05) is 0 Å². The number of rotatable bonds is 12. The lowest BCUT2D eigenvalue weighted by molar-refractivity contribution is 0.549. The molecule has 0 aliphatic rings. The van der Waals surface area contributed by atoms with Gasteiger partial charge in [-0.25, -0.2) is 0 Å². The molecule has 0 heterocycles. The standard InChI is InChI=1S/C19H29Br2Cl/c1-2-3-4-5-6-7-8-9-10-11-12-13-16-14-17(20)19(22)18(21)15-16/h14-15H,2-13H2,1H3. The molecule has 0 unspecified atom stereocenters. The van der Waals surface area contributed by atoms with Crippen molar-refractivity contribution in [3.05, 3.63) is 31.7 Å². The molecular formula is C19H29Br2Cl. The maximum Gasteiger partial charge on any atom is 0.0690 e. The van der Waals surface area contributed by atoms with Gasteiger partial charge in [0.05, 0.1) is 5.02 Å². The second-order valence-electron chi connectivity index (χ2n) is 6.16. The molecule has 0 radical (unpaired) electrons. The number of halogens is 3. The lowest BCUT2D eigenvalue weighted by Gasteiger charge is -2.06. The minimum absolute atomic E-state index is 0.766. The molecule has 0 aromatic heterocycles. The first kappa shape index (κ1) is 20.5. The van der Waals surface area contributed by atoms with Crippen LogP contribution < -0.4 is 0 Å². The van der Waals surface area contributed by atoms with Gasteiger partial charge in [-0.15, -0.1) is 0 Å². The zero-order valence-corrected chi connectivity index (χ0v) is 17.7. The SMILES string of the molecule is CCCCCCCCCCCCCc1cc(Br)c(Cl)c(Br)c1. The van der Waals surface area contributed by atoms with Crippen molar-refractivity contribution in [2.45, 2.75) is 84.0 Å². The first-order chi connectivity index (χ1) is 10.6. The van der Waals surface area contributed by atoms with Crippen LogP contribution in [0.1, 0.15) is 83.1 Å². The van der Waals surface area contributed by atoms with Gasteiger partial charge in [-0.3, -0.25) is 0 Å². The fraction of sp³-hybridized carbons (Fsp3) is 0.684. The molecule has 0 saturated carbocycles. The average Bonchev–Trinajstić information content (AvgIpc) is 2.50. The minimum Gasteiger partial charge on any atom is -0.0819 e. The molecule has 0 spiro atoms. The van der Waals surface area contributed by atoms with Crippen LogP contribution in [0.4, 0.5) is 0 Å². The Morgan fingerprint density at radius 2 is 1.14 bits per heavy atom. The molecular weight excluding hydrogens is 423 g/mol. The van der Waals surface area contributed by atoms with Gasteiger partial charge in [-0.2, -0.15) is 0 Å². The first-order valence-corrected chi connectivity index (χ1v) is 10.7. The molecule has 0 aliphatic heterocycles. The van der Waals surface area contributed by atoms with Gasteiger partial charge >= 0.3 is 0 Å². The van der Waals surface area contributed by atoms with Crippen LogP contribution in [0, 0.1) is 0 Å². The van der Waals surface area contributed by atoms with Crippen LogP contribution in [0.15, 0.2) is 21.1 Å². The molecule has 0 aliphatic carbocycles. The van der Waals surface area contributed by atoms with Crippen LogP contribution in [-0.4, -0.2) is 0 Å². The quantitative estimate of drug-likeness (QED) is 0.220. The Labute approximate surface area is 158 Å². The Hall–Kier alpha value is 0.470. The first-order valence-electron chi connectivity index (χ1n) is 8.78. The molecule has 0 fully saturated rings. The Balaban J connectivity index is 2.00. The summed E-state index contributed by atoms with van der Waals surface area (Å²) in [4.78, 5) is 0. The predicted molar refractivity (Wildman–Crippen MR) is 107 cm³/mol. The summed E-state index contributed by atoms with van der Waals surface area (Å²) in [6, 6.07) is 4.28. The molecule has 0 saturated heterocycles. The van der Waals surface area contributed by atoms with E-state index in [-0.39, 0.29) is 0 Å². The van der Waals surface area contributed by atoms with E-state index in [9.17, 15) is 0 Å². The third-order valence-corrected chi connectivity index (χ3v) is 6.23. The fourth-order valence-electron chi connectivity index (χ4n) is 2.75. The zero-order valence-electron chi connectivity index (χ0n) is 13.8. The third kappa shape index (κ3) is 8.93. The monoisotopic (exact) mass is 450 g/mol. The van der Waals surface area contributed by atoms with Gasteiger partial charge in [-0.05, 0) is 62.4 Å². The molecule has 0 nitrogen and oxygen atoms in total. The average molecular weight is 453 g/mol. The molecule has 126 valence electrons. The number of unbranched alkanes of at least 4 members (excludes halogenated alkanes) is 10. The summed E-state index contributed by atoms with van der Waals surface area (Å²) in [5.41, 5.74) is 1.36. The molecule has 1 aromatic rings. The number of hydrogen-bond acceptors (Lipinski definition) is 0. The van der Waals surface area contributed by atoms with Crippen LogP contribution in [-0.2, 0) is 6.42 Å². The Bertz CT molecular complexity index is 395. The summed E-state index contributed by atoms with van der Waals surface area (Å²) < 4.78 is 1.98. The number of benzene rings is 1. The highest BCUT2D eigenvalue weighted by atomic mass is 79.9. The van der Waals surface area contributed by atoms with Crippen molar-refractivity contribution in [3.8, 4) is 0 Å². The molecule has 0 bridgehead atoms. The number of hydrogen-bond donors (Lipinski definition) is 0. The van der Waals surface area contributed by atoms with Crippen LogP contribution in [0.3, 0.4) is 0 Å². The lowest BCUT2D eigenvalue weighted by Crippen LogP contribution is -1.88. The van der Waals surface area contributed by atoms with Crippen molar-refractivity contribution in [2.24, 2.45) is 0 Å². The van der Waals surface area contributed by atoms with Gasteiger partial charge in [0.15, 0.2) is 0 Å². The summed E-state index contributed by atoms with van der Waals surface area (Å²) in [6.07, 6.45) is 16.5. The Morgan fingerprint density at radius 3 is 1.59 bits per heavy atom. The van der Waals surface area contributed by atoms with E-state index in [0.717, 1.165) is 20.4 Å². The van der Waals surface area contributed by atoms with E-state index in [1.54, 1.807) is 0 Å². The summed E-state index contributed by atoms with van der Waals surface area (Å²) >= 11 is 13.1. The van der Waals surface area contributed by atoms with Crippen LogP contribution in [0.5, 0.6) is 0 Å². The highest BCUT2D eigenvalue weighted by Gasteiger charge is 2.05. The molecule has 0 atom stereocenters. The van der Waals surface area contributed by atoms with E-state index in [1.165, 1.54) is 76.2 Å². The van der Waals surface area contributed by atoms with E-state index < -0.39 is 0 Å². The normalized spacial score (nSPS) is 11.1. The maximum absolute atomic E-state index is 6.13. The topological polar surface area (TPSA) is 0 Å². The van der Waals surface area contributed by atoms with Gasteiger partial charge in [0, 0.05) is 8.95 Å². The Morgan fingerprint density at radius 1 is 0.727 bits per heavy atom. The Kier molecular flexibility index (Phi) is 12.0. The molecule has 0 amide bonds. The lowest BCUT2D eigenvalue weighted by atomic mass is 10.0. The molecule has 1 rings (SSSR count). The second-order valence-corrected chi connectivity index (χ2v) is 8.25. The zero-order chi connectivity index (χ0) is 16.2. The fourth-order valence-corrected chi connectivity index (χ4v) is 4.14. The summed E-state index contributed by atoms with van der Waals surface area (Å²) in [5.74, 6) is 0. The highest BCUT2D eigenvalue weighted by molar-refractivity contribution is 9.11. The molecule has 3 heteroatoms. The molecule has 1 aromatic carbocycles. The van der Waals surface area contributed by atoms with Crippen molar-refractivity contribution in [3.63, 3.8) is 0 Å².